The Balaban J connectivity index is 1.87. The Morgan fingerprint density at radius 1 is 1.10 bits per heavy atom. The number of aromatic nitrogens is 2. The summed E-state index contributed by atoms with van der Waals surface area (Å²) < 4.78 is 21.3. The highest BCUT2D eigenvalue weighted by molar-refractivity contribution is 6.41. The van der Waals surface area contributed by atoms with Gasteiger partial charge in [0.05, 0.1) is 39.0 Å². The largest absolute Gasteiger partial charge is 0.462 e. The Morgan fingerprint density at radius 2 is 1.84 bits per heavy atom. The fourth-order valence-corrected chi connectivity index (χ4v) is 3.89. The number of nitrogens with zero attached hydrogens (tertiary/aromatic N) is 2. The van der Waals surface area contributed by atoms with Gasteiger partial charge >= 0.3 is 5.97 Å². The van der Waals surface area contributed by atoms with Crippen LogP contribution in [0.5, 0.6) is 0 Å². The minimum Gasteiger partial charge on any atom is -0.462 e. The van der Waals surface area contributed by atoms with Gasteiger partial charge in [-0.15, -0.1) is 0 Å². The maximum absolute atomic E-state index is 14.9. The molecule has 31 heavy (non-hydrogen) atoms. The first-order valence-corrected chi connectivity index (χ1v) is 10.1. The number of benzene rings is 2. The molecule has 0 radical (unpaired) electrons. The maximum atomic E-state index is 14.9. The minimum absolute atomic E-state index is 0.0895. The molecule has 0 bridgehead atoms. The van der Waals surface area contributed by atoms with Crippen molar-refractivity contribution in [2.75, 3.05) is 6.61 Å². The first kappa shape index (κ1) is 21.0. The average molecular weight is 457 g/mol. The van der Waals surface area contributed by atoms with E-state index in [9.17, 15) is 14.0 Å². The number of hydrogen-bond acceptors (Lipinski definition) is 4. The van der Waals surface area contributed by atoms with Gasteiger partial charge in [-0.3, -0.25) is 9.36 Å². The number of ketones is 1. The zero-order chi connectivity index (χ0) is 22.1. The van der Waals surface area contributed by atoms with E-state index in [4.69, 9.17) is 27.9 Å². The Bertz CT molecular complexity index is 1310. The number of carbonyl (C=O) groups excluding carboxylic acids is 2. The monoisotopic (exact) mass is 456 g/mol. The van der Waals surface area contributed by atoms with E-state index in [1.165, 1.54) is 22.9 Å². The van der Waals surface area contributed by atoms with Crippen molar-refractivity contribution in [2.45, 2.75) is 6.92 Å². The summed E-state index contributed by atoms with van der Waals surface area (Å²) in [6.45, 7) is 1.86. The molecule has 4 rings (SSSR count). The van der Waals surface area contributed by atoms with E-state index in [-0.39, 0.29) is 39.0 Å². The SMILES string of the molecule is CCOC(=O)c1ccc(-n2cc(C(=O)c3c(Cl)cccc3Cl)c3cccnc32)c(F)c1. The van der Waals surface area contributed by atoms with Gasteiger partial charge in [0.25, 0.3) is 0 Å². The van der Waals surface area contributed by atoms with Gasteiger partial charge in [0.2, 0.25) is 0 Å². The molecular formula is C23H15Cl2FN2O3. The van der Waals surface area contributed by atoms with Gasteiger partial charge in [-0.25, -0.2) is 14.2 Å². The Morgan fingerprint density at radius 3 is 2.52 bits per heavy atom. The lowest BCUT2D eigenvalue weighted by atomic mass is 10.0. The first-order valence-electron chi connectivity index (χ1n) is 9.34. The summed E-state index contributed by atoms with van der Waals surface area (Å²) in [6.07, 6.45) is 3.03. The van der Waals surface area contributed by atoms with Crippen LogP contribution < -0.4 is 0 Å². The number of halogens is 3. The summed E-state index contributed by atoms with van der Waals surface area (Å²) >= 11 is 12.4. The van der Waals surface area contributed by atoms with Crippen LogP contribution in [0.2, 0.25) is 10.0 Å². The molecule has 0 aliphatic carbocycles. The van der Waals surface area contributed by atoms with E-state index in [0.717, 1.165) is 6.07 Å². The standard InChI is InChI=1S/C23H15Cl2FN2O3/c1-2-31-23(30)13-8-9-19(18(26)11-13)28-12-15(14-5-4-10-27-22(14)28)21(29)20-16(24)6-3-7-17(20)25/h3-12H,2H2,1H3. The molecule has 0 unspecified atom stereocenters. The molecule has 156 valence electrons. The molecule has 2 aromatic carbocycles. The third kappa shape index (κ3) is 3.80. The molecule has 2 heterocycles. The van der Waals surface area contributed by atoms with Crippen molar-refractivity contribution in [3.05, 3.63) is 93.5 Å². The molecule has 0 fully saturated rings. The third-order valence-corrected chi connectivity index (χ3v) is 5.35. The van der Waals surface area contributed by atoms with Gasteiger partial charge in [-0.2, -0.15) is 0 Å². The van der Waals surface area contributed by atoms with Crippen molar-refractivity contribution in [1.29, 1.82) is 0 Å². The number of fused-ring (bicyclic) bond motifs is 1. The van der Waals surface area contributed by atoms with Crippen LogP contribution in [-0.4, -0.2) is 27.9 Å². The average Bonchev–Trinajstić information content (AvgIpc) is 3.13. The predicted octanol–water partition coefficient (Wildman–Crippen LogP) is 5.88. The number of rotatable bonds is 5. The van der Waals surface area contributed by atoms with Crippen LogP contribution >= 0.6 is 23.2 Å². The molecule has 0 saturated heterocycles. The van der Waals surface area contributed by atoms with Crippen LogP contribution in [0.15, 0.2) is 60.9 Å². The lowest BCUT2D eigenvalue weighted by molar-refractivity contribution is 0.0525. The van der Waals surface area contributed by atoms with Crippen molar-refractivity contribution >= 4 is 46.0 Å². The van der Waals surface area contributed by atoms with Crippen LogP contribution in [0.4, 0.5) is 4.39 Å². The highest BCUT2D eigenvalue weighted by Crippen LogP contribution is 2.31. The molecule has 0 N–H and O–H groups in total. The second-order valence-corrected chi connectivity index (χ2v) is 7.41. The fraction of sp³-hybridized carbons (Fsp3) is 0.0870. The molecule has 2 aromatic heterocycles. The van der Waals surface area contributed by atoms with E-state index >= 15 is 0 Å². The van der Waals surface area contributed by atoms with E-state index in [2.05, 4.69) is 4.98 Å². The first-order chi connectivity index (χ1) is 14.9. The normalized spacial score (nSPS) is 11.0. The highest BCUT2D eigenvalue weighted by Gasteiger charge is 2.23. The molecule has 0 spiro atoms. The number of esters is 1. The summed E-state index contributed by atoms with van der Waals surface area (Å²) in [6, 6.07) is 12.2. The Labute approximate surface area is 187 Å². The van der Waals surface area contributed by atoms with Gasteiger partial charge in [0, 0.05) is 17.8 Å². The zero-order valence-electron chi connectivity index (χ0n) is 16.2. The van der Waals surface area contributed by atoms with Crippen LogP contribution in [0, 0.1) is 5.82 Å². The van der Waals surface area contributed by atoms with Gasteiger partial charge in [0.15, 0.2) is 5.78 Å². The summed E-state index contributed by atoms with van der Waals surface area (Å²) in [5.41, 5.74) is 1.02. The van der Waals surface area contributed by atoms with Crippen molar-refractivity contribution in [2.24, 2.45) is 0 Å². The van der Waals surface area contributed by atoms with Crippen molar-refractivity contribution < 1.29 is 18.7 Å². The summed E-state index contributed by atoms with van der Waals surface area (Å²) in [5, 5.41) is 0.942. The Kier molecular flexibility index (Phi) is 5.76. The zero-order valence-corrected chi connectivity index (χ0v) is 17.7. The molecule has 0 atom stereocenters. The second-order valence-electron chi connectivity index (χ2n) is 6.60. The lowest BCUT2D eigenvalue weighted by Crippen LogP contribution is -2.06. The van der Waals surface area contributed by atoms with E-state index in [1.54, 1.807) is 43.5 Å². The molecular weight excluding hydrogens is 442 g/mol. The molecule has 0 saturated carbocycles. The van der Waals surface area contributed by atoms with Crippen LogP contribution in [0.25, 0.3) is 16.7 Å². The van der Waals surface area contributed by atoms with Crippen LogP contribution in [0.3, 0.4) is 0 Å². The summed E-state index contributed by atoms with van der Waals surface area (Å²) in [4.78, 5) is 29.5. The molecule has 5 nitrogen and oxygen atoms in total. The highest BCUT2D eigenvalue weighted by atomic mass is 35.5. The van der Waals surface area contributed by atoms with Crippen molar-refractivity contribution in [3.8, 4) is 5.69 Å². The smallest absolute Gasteiger partial charge is 0.338 e. The van der Waals surface area contributed by atoms with Crippen LogP contribution in [0.1, 0.15) is 33.2 Å². The van der Waals surface area contributed by atoms with Crippen molar-refractivity contribution in [1.82, 2.24) is 9.55 Å². The minimum atomic E-state index is -0.664. The number of ether oxygens (including phenoxy) is 1. The molecule has 0 amide bonds. The van der Waals surface area contributed by atoms with E-state index < -0.39 is 17.6 Å². The summed E-state index contributed by atoms with van der Waals surface area (Å²) in [7, 11) is 0. The second kappa shape index (κ2) is 8.49. The van der Waals surface area contributed by atoms with Gasteiger partial charge in [0.1, 0.15) is 11.5 Å². The third-order valence-electron chi connectivity index (χ3n) is 4.72. The van der Waals surface area contributed by atoms with Crippen molar-refractivity contribution in [3.63, 3.8) is 0 Å². The molecule has 8 heteroatoms. The quantitative estimate of drug-likeness (QED) is 0.278. The number of carbonyl (C=O) groups is 2. The maximum Gasteiger partial charge on any atom is 0.338 e. The van der Waals surface area contributed by atoms with E-state index in [0.29, 0.717) is 11.0 Å². The van der Waals surface area contributed by atoms with Gasteiger partial charge in [-0.05, 0) is 49.4 Å². The molecule has 0 aliphatic heterocycles. The topological polar surface area (TPSA) is 61.2 Å². The molecule has 4 aromatic rings. The van der Waals surface area contributed by atoms with Gasteiger partial charge in [-0.1, -0.05) is 29.3 Å². The number of pyridine rings is 1. The van der Waals surface area contributed by atoms with Gasteiger partial charge < -0.3 is 4.74 Å². The van der Waals surface area contributed by atoms with E-state index in [1.807, 2.05) is 0 Å². The molecule has 0 aliphatic rings. The summed E-state index contributed by atoms with van der Waals surface area (Å²) in [5.74, 6) is -1.69. The fourth-order valence-electron chi connectivity index (χ4n) is 3.32. The predicted molar refractivity (Wildman–Crippen MR) is 117 cm³/mol. The van der Waals surface area contributed by atoms with Crippen LogP contribution in [-0.2, 0) is 4.74 Å². The lowest BCUT2D eigenvalue weighted by Gasteiger charge is -2.08. The Hall–Kier alpha value is -3.22. The number of hydrogen-bond donors (Lipinski definition) is 0.